The van der Waals surface area contributed by atoms with Gasteiger partial charge < -0.3 is 15.2 Å². The lowest BCUT2D eigenvalue weighted by molar-refractivity contribution is 0.0905. The molecule has 0 spiro atoms. The van der Waals surface area contributed by atoms with Crippen molar-refractivity contribution in [1.82, 2.24) is 5.32 Å². The second kappa shape index (κ2) is 8.38. The van der Waals surface area contributed by atoms with Crippen molar-refractivity contribution in [2.45, 2.75) is 26.3 Å². The monoisotopic (exact) mass is 277 g/mol. The highest BCUT2D eigenvalue weighted by atomic mass is 16.5. The van der Waals surface area contributed by atoms with Crippen molar-refractivity contribution in [1.29, 1.82) is 0 Å². The summed E-state index contributed by atoms with van der Waals surface area (Å²) < 4.78 is 5.46. The lowest BCUT2D eigenvalue weighted by atomic mass is 10.0. The zero-order chi connectivity index (χ0) is 15.0. The van der Waals surface area contributed by atoms with E-state index in [1.54, 1.807) is 24.3 Å². The molecule has 4 heteroatoms. The fourth-order valence-electron chi connectivity index (χ4n) is 1.94. The maximum absolute atomic E-state index is 12.3. The molecule has 1 unspecified atom stereocenters. The van der Waals surface area contributed by atoms with E-state index in [4.69, 9.17) is 4.74 Å². The number of aliphatic hydroxyl groups is 1. The van der Waals surface area contributed by atoms with Crippen LogP contribution in [0.3, 0.4) is 0 Å². The Kier molecular flexibility index (Phi) is 6.81. The number of rotatable bonds is 8. The van der Waals surface area contributed by atoms with Gasteiger partial charge in [-0.2, -0.15) is 0 Å². The van der Waals surface area contributed by atoms with Gasteiger partial charge in [-0.1, -0.05) is 38.6 Å². The molecule has 1 aromatic carbocycles. The first-order valence-corrected chi connectivity index (χ1v) is 6.83. The molecule has 0 aromatic heterocycles. The summed E-state index contributed by atoms with van der Waals surface area (Å²) in [6, 6.07) is 6.81. The average Bonchev–Trinajstić information content (AvgIpc) is 2.44. The van der Waals surface area contributed by atoms with E-state index in [0.29, 0.717) is 23.8 Å². The molecule has 0 saturated heterocycles. The van der Waals surface area contributed by atoms with E-state index >= 15 is 0 Å². The summed E-state index contributed by atoms with van der Waals surface area (Å²) in [4.78, 5) is 12.3. The average molecular weight is 277 g/mol. The summed E-state index contributed by atoms with van der Waals surface area (Å²) in [6.45, 7) is 7.97. The van der Waals surface area contributed by atoms with Crippen molar-refractivity contribution in [2.24, 2.45) is 5.92 Å². The number of hydrogen-bond acceptors (Lipinski definition) is 3. The molecule has 0 aliphatic carbocycles. The lowest BCUT2D eigenvalue weighted by Gasteiger charge is -2.19. The maximum atomic E-state index is 12.3. The molecule has 4 nitrogen and oxygen atoms in total. The molecular weight excluding hydrogens is 254 g/mol. The summed E-state index contributed by atoms with van der Waals surface area (Å²) >= 11 is 0. The molecule has 0 bridgehead atoms. The van der Waals surface area contributed by atoms with Gasteiger partial charge in [0.2, 0.25) is 0 Å². The molecule has 20 heavy (non-hydrogen) atoms. The van der Waals surface area contributed by atoms with Gasteiger partial charge in [0.15, 0.2) is 0 Å². The largest absolute Gasteiger partial charge is 0.489 e. The third kappa shape index (κ3) is 5.05. The molecule has 1 atom stereocenters. The van der Waals surface area contributed by atoms with Crippen LogP contribution in [0.5, 0.6) is 5.75 Å². The van der Waals surface area contributed by atoms with E-state index in [1.165, 1.54) is 0 Å². The Bertz CT molecular complexity index is 443. The fraction of sp³-hybridized carbons (Fsp3) is 0.438. The SMILES string of the molecule is C=CCOc1ccccc1C(=O)NC(CO)CC(C)C. The first-order chi connectivity index (χ1) is 9.58. The zero-order valence-corrected chi connectivity index (χ0v) is 12.1. The van der Waals surface area contributed by atoms with Gasteiger partial charge in [-0.05, 0) is 24.5 Å². The summed E-state index contributed by atoms with van der Waals surface area (Å²) in [5.74, 6) is 0.690. The predicted octanol–water partition coefficient (Wildman–Crippen LogP) is 2.39. The second-order valence-corrected chi connectivity index (χ2v) is 5.08. The third-order valence-electron chi connectivity index (χ3n) is 2.80. The number of ether oxygens (including phenoxy) is 1. The van der Waals surface area contributed by atoms with Gasteiger partial charge in [0, 0.05) is 0 Å². The smallest absolute Gasteiger partial charge is 0.255 e. The number of carbonyl (C=O) groups is 1. The second-order valence-electron chi connectivity index (χ2n) is 5.08. The van der Waals surface area contributed by atoms with Gasteiger partial charge in [0.05, 0.1) is 18.2 Å². The molecule has 1 rings (SSSR count). The molecule has 1 amide bonds. The molecule has 0 saturated carbocycles. The van der Waals surface area contributed by atoms with E-state index in [9.17, 15) is 9.90 Å². The topological polar surface area (TPSA) is 58.6 Å². The Morgan fingerprint density at radius 3 is 2.75 bits per heavy atom. The number of para-hydroxylation sites is 1. The molecule has 0 radical (unpaired) electrons. The van der Waals surface area contributed by atoms with Gasteiger partial charge in [-0.25, -0.2) is 0 Å². The van der Waals surface area contributed by atoms with Crippen LogP contribution >= 0.6 is 0 Å². The first kappa shape index (κ1) is 16.2. The molecule has 0 aliphatic heterocycles. The van der Waals surface area contributed by atoms with Gasteiger partial charge in [0.1, 0.15) is 12.4 Å². The van der Waals surface area contributed by atoms with Crippen LogP contribution < -0.4 is 10.1 Å². The van der Waals surface area contributed by atoms with Crippen molar-refractivity contribution >= 4 is 5.91 Å². The van der Waals surface area contributed by atoms with Gasteiger partial charge in [0.25, 0.3) is 5.91 Å². The summed E-state index contributed by atoms with van der Waals surface area (Å²) in [6.07, 6.45) is 2.36. The van der Waals surface area contributed by atoms with E-state index in [1.807, 2.05) is 6.07 Å². The third-order valence-corrected chi connectivity index (χ3v) is 2.80. The Morgan fingerprint density at radius 2 is 2.15 bits per heavy atom. The first-order valence-electron chi connectivity index (χ1n) is 6.83. The molecule has 0 fully saturated rings. The van der Waals surface area contributed by atoms with E-state index < -0.39 is 0 Å². The lowest BCUT2D eigenvalue weighted by Crippen LogP contribution is -2.38. The van der Waals surface area contributed by atoms with Crippen LogP contribution in [0.15, 0.2) is 36.9 Å². The minimum Gasteiger partial charge on any atom is -0.489 e. The van der Waals surface area contributed by atoms with E-state index in [2.05, 4.69) is 25.7 Å². The van der Waals surface area contributed by atoms with Crippen LogP contribution in [0.4, 0.5) is 0 Å². The summed E-state index contributed by atoms with van der Waals surface area (Å²) in [5, 5.41) is 12.2. The summed E-state index contributed by atoms with van der Waals surface area (Å²) in [5.41, 5.74) is 0.469. The number of nitrogens with one attached hydrogen (secondary N) is 1. The Labute approximate surface area is 120 Å². The standard InChI is InChI=1S/C16H23NO3/c1-4-9-20-15-8-6-5-7-14(15)16(19)17-13(11-18)10-12(2)3/h4-8,12-13,18H,1,9-11H2,2-3H3,(H,17,19). The number of aliphatic hydroxyl groups excluding tert-OH is 1. The fourth-order valence-corrected chi connectivity index (χ4v) is 1.94. The molecule has 1 aromatic rings. The normalized spacial score (nSPS) is 12.0. The number of hydrogen-bond donors (Lipinski definition) is 2. The summed E-state index contributed by atoms with van der Waals surface area (Å²) in [7, 11) is 0. The number of amides is 1. The highest BCUT2D eigenvalue weighted by Gasteiger charge is 2.17. The van der Waals surface area contributed by atoms with Crippen molar-refractivity contribution in [3.63, 3.8) is 0 Å². The molecule has 2 N–H and O–H groups in total. The van der Waals surface area contributed by atoms with Crippen molar-refractivity contribution in [3.8, 4) is 5.75 Å². The van der Waals surface area contributed by atoms with Gasteiger partial charge in [-0.3, -0.25) is 4.79 Å². The quantitative estimate of drug-likeness (QED) is 0.717. The molecule has 110 valence electrons. The van der Waals surface area contributed by atoms with Crippen LogP contribution in [-0.2, 0) is 0 Å². The van der Waals surface area contributed by atoms with Gasteiger partial charge in [-0.15, -0.1) is 0 Å². The van der Waals surface area contributed by atoms with Crippen LogP contribution in [0.1, 0.15) is 30.6 Å². The van der Waals surface area contributed by atoms with Crippen LogP contribution in [-0.4, -0.2) is 30.3 Å². The van der Waals surface area contributed by atoms with E-state index in [0.717, 1.165) is 6.42 Å². The predicted molar refractivity (Wildman–Crippen MR) is 79.9 cm³/mol. The van der Waals surface area contributed by atoms with E-state index in [-0.39, 0.29) is 18.6 Å². The molecule has 0 heterocycles. The van der Waals surface area contributed by atoms with Crippen LogP contribution in [0, 0.1) is 5.92 Å². The highest BCUT2D eigenvalue weighted by molar-refractivity contribution is 5.97. The minimum atomic E-state index is -0.241. The van der Waals surface area contributed by atoms with Crippen LogP contribution in [0.25, 0.3) is 0 Å². The Hall–Kier alpha value is -1.81. The molecular formula is C16H23NO3. The minimum absolute atomic E-state index is 0.0698. The zero-order valence-electron chi connectivity index (χ0n) is 12.1. The Balaban J connectivity index is 2.77. The van der Waals surface area contributed by atoms with Gasteiger partial charge >= 0.3 is 0 Å². The van der Waals surface area contributed by atoms with Crippen molar-refractivity contribution in [3.05, 3.63) is 42.5 Å². The number of carbonyl (C=O) groups excluding carboxylic acids is 1. The highest BCUT2D eigenvalue weighted by Crippen LogP contribution is 2.18. The number of benzene rings is 1. The van der Waals surface area contributed by atoms with Crippen LogP contribution in [0.2, 0.25) is 0 Å². The van der Waals surface area contributed by atoms with Crippen molar-refractivity contribution < 1.29 is 14.6 Å². The Morgan fingerprint density at radius 1 is 1.45 bits per heavy atom. The molecule has 0 aliphatic rings. The maximum Gasteiger partial charge on any atom is 0.255 e. The van der Waals surface area contributed by atoms with Crippen molar-refractivity contribution in [2.75, 3.05) is 13.2 Å².